The molecule has 29 heavy (non-hydrogen) atoms. The Morgan fingerprint density at radius 1 is 1.21 bits per heavy atom. The van der Waals surface area contributed by atoms with Crippen molar-refractivity contribution >= 4 is 19.7 Å². The minimum atomic E-state index is -1.70. The molecule has 1 saturated heterocycles. The average molecular weight is 423 g/mol. The monoisotopic (exact) mass is 422 g/mol. The number of nitro groups is 1. The van der Waals surface area contributed by atoms with Crippen molar-refractivity contribution in [3.63, 3.8) is 0 Å². The lowest BCUT2D eigenvalue weighted by Crippen LogP contribution is -2.45. The van der Waals surface area contributed by atoms with Crippen molar-refractivity contribution in [1.29, 1.82) is 0 Å². The van der Waals surface area contributed by atoms with Crippen LogP contribution in [0.4, 0.5) is 11.4 Å². The molecule has 0 unspecified atom stereocenters. The standard InChI is InChI=1S/C21H38N4O3Si/c1-21(2,3)29(5,6)28-15-7-10-22-17-18-16-19(25(26)27)8-9-20(18)24-13-11-23(4)12-14-24/h8-9,16,22H,7,10-15,17H2,1-6H3. The second kappa shape index (κ2) is 10.0. The molecule has 2 rings (SSSR count). The van der Waals surface area contributed by atoms with Gasteiger partial charge >= 0.3 is 0 Å². The fraction of sp³-hybridized carbons (Fsp3) is 0.714. The molecule has 0 atom stereocenters. The van der Waals surface area contributed by atoms with Crippen molar-refractivity contribution in [1.82, 2.24) is 10.2 Å². The Morgan fingerprint density at radius 2 is 1.86 bits per heavy atom. The maximum atomic E-state index is 11.2. The molecule has 1 N–H and O–H groups in total. The van der Waals surface area contributed by atoms with Crippen LogP contribution in [0.3, 0.4) is 0 Å². The number of likely N-dealkylation sites (N-methyl/N-ethyl adjacent to an activating group) is 1. The maximum absolute atomic E-state index is 11.2. The largest absolute Gasteiger partial charge is 0.417 e. The molecule has 0 spiro atoms. The second-order valence-electron chi connectivity index (χ2n) is 9.50. The van der Waals surface area contributed by atoms with Crippen LogP contribution in [0.15, 0.2) is 18.2 Å². The molecule has 0 aliphatic carbocycles. The Balaban J connectivity index is 1.91. The molecule has 1 aromatic rings. The molecule has 1 heterocycles. The van der Waals surface area contributed by atoms with E-state index in [0.717, 1.165) is 57.0 Å². The van der Waals surface area contributed by atoms with Gasteiger partial charge in [-0.3, -0.25) is 10.1 Å². The number of benzene rings is 1. The van der Waals surface area contributed by atoms with Crippen LogP contribution in [0.25, 0.3) is 0 Å². The minimum absolute atomic E-state index is 0.154. The predicted molar refractivity (Wildman–Crippen MR) is 122 cm³/mol. The SMILES string of the molecule is CN1CCN(c2ccc([N+](=O)[O-])cc2CNCCCO[Si](C)(C)C(C)(C)C)CC1. The summed E-state index contributed by atoms with van der Waals surface area (Å²) >= 11 is 0. The minimum Gasteiger partial charge on any atom is -0.417 e. The van der Waals surface area contributed by atoms with E-state index in [-0.39, 0.29) is 15.6 Å². The molecule has 0 bridgehead atoms. The number of nitro benzene ring substituents is 1. The fourth-order valence-corrected chi connectivity index (χ4v) is 4.23. The summed E-state index contributed by atoms with van der Waals surface area (Å²) in [6.45, 7) is 17.4. The van der Waals surface area contributed by atoms with E-state index in [1.165, 1.54) is 0 Å². The molecule has 0 radical (unpaired) electrons. The molecule has 1 aromatic carbocycles. The number of rotatable bonds is 9. The van der Waals surface area contributed by atoms with E-state index in [2.05, 4.69) is 56.0 Å². The number of hydrogen-bond acceptors (Lipinski definition) is 6. The van der Waals surface area contributed by atoms with Gasteiger partial charge in [-0.25, -0.2) is 0 Å². The molecule has 1 fully saturated rings. The van der Waals surface area contributed by atoms with Crippen molar-refractivity contribution in [2.75, 3.05) is 51.3 Å². The smallest absolute Gasteiger partial charge is 0.269 e. The molecule has 0 amide bonds. The third kappa shape index (κ3) is 6.77. The van der Waals surface area contributed by atoms with Crippen LogP contribution in [0, 0.1) is 10.1 Å². The number of piperazine rings is 1. The number of nitrogens with zero attached hydrogens (tertiary/aromatic N) is 3. The first-order chi connectivity index (χ1) is 13.5. The first kappa shape index (κ1) is 23.8. The Morgan fingerprint density at radius 3 is 2.45 bits per heavy atom. The van der Waals surface area contributed by atoms with Gasteiger partial charge in [0.25, 0.3) is 5.69 Å². The zero-order valence-corrected chi connectivity index (χ0v) is 20.0. The highest BCUT2D eigenvalue weighted by atomic mass is 28.4. The fourth-order valence-electron chi connectivity index (χ4n) is 3.15. The van der Waals surface area contributed by atoms with E-state index in [1.54, 1.807) is 12.1 Å². The first-order valence-electron chi connectivity index (χ1n) is 10.6. The van der Waals surface area contributed by atoms with Crippen LogP contribution in [0.5, 0.6) is 0 Å². The topological polar surface area (TPSA) is 70.9 Å². The van der Waals surface area contributed by atoms with Gasteiger partial charge in [-0.1, -0.05) is 20.8 Å². The summed E-state index contributed by atoms with van der Waals surface area (Å²) in [5, 5.41) is 14.9. The predicted octanol–water partition coefficient (Wildman–Crippen LogP) is 3.85. The Labute approximate surface area is 176 Å². The zero-order valence-electron chi connectivity index (χ0n) is 19.0. The second-order valence-corrected chi connectivity index (χ2v) is 14.3. The first-order valence-corrected chi connectivity index (χ1v) is 13.5. The van der Waals surface area contributed by atoms with E-state index < -0.39 is 8.32 Å². The quantitative estimate of drug-likeness (QED) is 0.282. The number of anilines is 1. The molecule has 164 valence electrons. The van der Waals surface area contributed by atoms with Gasteiger partial charge in [0.15, 0.2) is 8.32 Å². The lowest BCUT2D eigenvalue weighted by Gasteiger charge is -2.36. The van der Waals surface area contributed by atoms with Crippen LogP contribution in [0.1, 0.15) is 32.8 Å². The summed E-state index contributed by atoms with van der Waals surface area (Å²) in [6, 6.07) is 5.23. The van der Waals surface area contributed by atoms with Crippen molar-refractivity contribution in [2.24, 2.45) is 0 Å². The Kier molecular flexibility index (Phi) is 8.22. The lowest BCUT2D eigenvalue weighted by molar-refractivity contribution is -0.384. The third-order valence-corrected chi connectivity index (χ3v) is 10.7. The highest BCUT2D eigenvalue weighted by Crippen LogP contribution is 2.36. The van der Waals surface area contributed by atoms with Crippen LogP contribution in [-0.4, -0.2) is 64.5 Å². The third-order valence-electron chi connectivity index (χ3n) is 6.20. The van der Waals surface area contributed by atoms with Gasteiger partial charge in [-0.2, -0.15) is 0 Å². The van der Waals surface area contributed by atoms with E-state index in [1.807, 2.05) is 6.07 Å². The van der Waals surface area contributed by atoms with Gasteiger partial charge in [0.05, 0.1) is 4.92 Å². The highest BCUT2D eigenvalue weighted by molar-refractivity contribution is 6.74. The van der Waals surface area contributed by atoms with Gasteiger partial charge in [0.2, 0.25) is 0 Å². The Hall–Kier alpha value is -1.48. The average Bonchev–Trinajstić information content (AvgIpc) is 2.64. The number of non-ortho nitro benzene ring substituents is 1. The van der Waals surface area contributed by atoms with Crippen molar-refractivity contribution in [3.05, 3.63) is 33.9 Å². The Bertz CT molecular complexity index is 683. The van der Waals surface area contributed by atoms with Gasteiger partial charge in [0, 0.05) is 57.2 Å². The summed E-state index contributed by atoms with van der Waals surface area (Å²) in [5.74, 6) is 0. The number of hydrogen-bond donors (Lipinski definition) is 1. The molecule has 0 saturated carbocycles. The van der Waals surface area contributed by atoms with Gasteiger partial charge in [-0.15, -0.1) is 0 Å². The highest BCUT2D eigenvalue weighted by Gasteiger charge is 2.36. The summed E-state index contributed by atoms with van der Waals surface area (Å²) in [6.07, 6.45) is 0.936. The van der Waals surface area contributed by atoms with Gasteiger partial charge < -0.3 is 19.5 Å². The van der Waals surface area contributed by atoms with Gasteiger partial charge in [0.1, 0.15) is 0 Å². The molecule has 7 nitrogen and oxygen atoms in total. The summed E-state index contributed by atoms with van der Waals surface area (Å²) in [4.78, 5) is 15.6. The molecule has 0 aromatic heterocycles. The molecule has 1 aliphatic rings. The van der Waals surface area contributed by atoms with E-state index in [4.69, 9.17) is 4.43 Å². The van der Waals surface area contributed by atoms with E-state index in [0.29, 0.717) is 6.54 Å². The molecule has 8 heteroatoms. The lowest BCUT2D eigenvalue weighted by atomic mass is 10.1. The maximum Gasteiger partial charge on any atom is 0.269 e. The summed E-state index contributed by atoms with van der Waals surface area (Å²) < 4.78 is 6.22. The van der Waals surface area contributed by atoms with Crippen molar-refractivity contribution in [2.45, 2.75) is 51.9 Å². The summed E-state index contributed by atoms with van der Waals surface area (Å²) in [5.41, 5.74) is 2.25. The molecule has 1 aliphatic heterocycles. The molecular weight excluding hydrogens is 384 g/mol. The van der Waals surface area contributed by atoms with E-state index >= 15 is 0 Å². The normalized spacial score (nSPS) is 16.3. The summed E-state index contributed by atoms with van der Waals surface area (Å²) in [7, 11) is 0.427. The van der Waals surface area contributed by atoms with Crippen molar-refractivity contribution in [3.8, 4) is 0 Å². The van der Waals surface area contributed by atoms with Crippen molar-refractivity contribution < 1.29 is 9.35 Å². The van der Waals surface area contributed by atoms with Crippen LogP contribution >= 0.6 is 0 Å². The van der Waals surface area contributed by atoms with E-state index in [9.17, 15) is 10.1 Å². The molecular formula is C21H38N4O3Si. The van der Waals surface area contributed by atoms with Crippen LogP contribution < -0.4 is 10.2 Å². The van der Waals surface area contributed by atoms with Crippen LogP contribution in [0.2, 0.25) is 18.1 Å². The number of nitrogens with one attached hydrogen (secondary N) is 1. The van der Waals surface area contributed by atoms with Crippen LogP contribution in [-0.2, 0) is 11.0 Å². The van der Waals surface area contributed by atoms with Gasteiger partial charge in [-0.05, 0) is 49.8 Å². The zero-order chi connectivity index (χ0) is 21.7.